The SMILES string of the molecule is CCCCCCCCCCCCCCCOC(=O)CCCCCCCCC(=O)OCCCCCC. The van der Waals surface area contributed by atoms with E-state index in [0.717, 1.165) is 57.8 Å². The van der Waals surface area contributed by atoms with E-state index in [9.17, 15) is 9.59 Å². The Balaban J connectivity index is 3.23. The van der Waals surface area contributed by atoms with Gasteiger partial charge >= 0.3 is 11.9 Å². The highest BCUT2D eigenvalue weighted by Crippen LogP contribution is 2.13. The summed E-state index contributed by atoms with van der Waals surface area (Å²) >= 11 is 0. The van der Waals surface area contributed by atoms with Crippen LogP contribution in [0.4, 0.5) is 0 Å². The van der Waals surface area contributed by atoms with Gasteiger partial charge in [0.05, 0.1) is 13.2 Å². The van der Waals surface area contributed by atoms with Crippen molar-refractivity contribution in [3.05, 3.63) is 0 Å². The Bertz CT molecular complexity index is 449. The van der Waals surface area contributed by atoms with Crippen molar-refractivity contribution in [2.75, 3.05) is 13.2 Å². The molecule has 0 radical (unpaired) electrons. The first kappa shape index (κ1) is 33.9. The molecule has 0 aromatic carbocycles. The minimum atomic E-state index is -0.0484. The molecule has 0 aliphatic heterocycles. The average molecular weight is 497 g/mol. The van der Waals surface area contributed by atoms with Crippen molar-refractivity contribution in [3.63, 3.8) is 0 Å². The maximum atomic E-state index is 11.8. The van der Waals surface area contributed by atoms with Crippen LogP contribution in [0.25, 0.3) is 0 Å². The molecule has 0 amide bonds. The predicted octanol–water partition coefficient (Wildman–Crippen LogP) is 9.87. The van der Waals surface area contributed by atoms with Gasteiger partial charge in [0.25, 0.3) is 0 Å². The van der Waals surface area contributed by atoms with E-state index >= 15 is 0 Å². The van der Waals surface area contributed by atoms with Crippen LogP contribution in [0.1, 0.15) is 174 Å². The number of rotatable bonds is 28. The quantitative estimate of drug-likeness (QED) is 0.0798. The highest BCUT2D eigenvalue weighted by molar-refractivity contribution is 5.69. The van der Waals surface area contributed by atoms with Gasteiger partial charge in [-0.15, -0.1) is 0 Å². The van der Waals surface area contributed by atoms with Crippen molar-refractivity contribution < 1.29 is 19.1 Å². The normalized spacial score (nSPS) is 11.0. The number of hydrogen-bond donors (Lipinski definition) is 0. The largest absolute Gasteiger partial charge is 0.466 e. The fourth-order valence-corrected chi connectivity index (χ4v) is 4.41. The molecule has 35 heavy (non-hydrogen) atoms. The molecule has 0 atom stereocenters. The lowest BCUT2D eigenvalue weighted by Gasteiger charge is -2.06. The summed E-state index contributed by atoms with van der Waals surface area (Å²) in [4.78, 5) is 23.5. The Morgan fingerprint density at radius 3 is 0.971 bits per heavy atom. The van der Waals surface area contributed by atoms with Crippen LogP contribution < -0.4 is 0 Å². The maximum Gasteiger partial charge on any atom is 0.305 e. The molecular formula is C31H60O4. The molecule has 0 fully saturated rings. The molecule has 0 saturated carbocycles. The molecule has 0 bridgehead atoms. The minimum Gasteiger partial charge on any atom is -0.466 e. The Kier molecular flexibility index (Phi) is 28.3. The molecule has 0 aliphatic rings. The Morgan fingerprint density at radius 1 is 0.371 bits per heavy atom. The Labute approximate surface area is 218 Å². The monoisotopic (exact) mass is 496 g/mol. The molecule has 4 heteroatoms. The molecule has 0 aliphatic carbocycles. The Hall–Kier alpha value is -1.06. The van der Waals surface area contributed by atoms with E-state index in [1.54, 1.807) is 0 Å². The maximum absolute atomic E-state index is 11.8. The van der Waals surface area contributed by atoms with Crippen LogP contribution in [0.3, 0.4) is 0 Å². The summed E-state index contributed by atoms with van der Waals surface area (Å²) in [6.45, 7) is 5.62. The highest BCUT2D eigenvalue weighted by Gasteiger charge is 2.04. The second kappa shape index (κ2) is 29.2. The third-order valence-corrected chi connectivity index (χ3v) is 6.78. The van der Waals surface area contributed by atoms with Crippen LogP contribution in [0.15, 0.2) is 0 Å². The standard InChI is InChI=1S/C31H60O4/c1-3-5-7-9-10-11-12-13-14-15-18-21-25-29-35-31(33)27-23-20-17-16-19-22-26-30(32)34-28-24-8-6-4-2/h3-29H2,1-2H3. The number of esters is 2. The van der Waals surface area contributed by atoms with E-state index in [1.165, 1.54) is 89.9 Å². The number of unbranched alkanes of at least 4 members (excludes halogenated alkanes) is 20. The lowest BCUT2D eigenvalue weighted by molar-refractivity contribution is -0.144. The third-order valence-electron chi connectivity index (χ3n) is 6.78. The molecule has 0 rings (SSSR count). The van der Waals surface area contributed by atoms with Crippen LogP contribution in [0, 0.1) is 0 Å². The number of hydrogen-bond acceptors (Lipinski definition) is 4. The van der Waals surface area contributed by atoms with E-state index in [1.807, 2.05) is 0 Å². The van der Waals surface area contributed by atoms with Crippen molar-refractivity contribution in [1.82, 2.24) is 0 Å². The first-order valence-electron chi connectivity index (χ1n) is 15.5. The molecule has 4 nitrogen and oxygen atoms in total. The lowest BCUT2D eigenvalue weighted by atomic mass is 10.0. The van der Waals surface area contributed by atoms with Gasteiger partial charge in [-0.3, -0.25) is 9.59 Å². The van der Waals surface area contributed by atoms with Crippen molar-refractivity contribution in [1.29, 1.82) is 0 Å². The fraction of sp³-hybridized carbons (Fsp3) is 0.935. The first-order valence-corrected chi connectivity index (χ1v) is 15.5. The first-order chi connectivity index (χ1) is 17.2. The molecule has 0 unspecified atom stereocenters. The summed E-state index contributed by atoms with van der Waals surface area (Å²) < 4.78 is 10.6. The van der Waals surface area contributed by atoms with E-state index in [4.69, 9.17) is 9.47 Å². The van der Waals surface area contributed by atoms with Crippen molar-refractivity contribution in [2.24, 2.45) is 0 Å². The van der Waals surface area contributed by atoms with Crippen LogP contribution in [0.5, 0.6) is 0 Å². The molecular weight excluding hydrogens is 436 g/mol. The molecule has 0 N–H and O–H groups in total. The molecule has 0 aromatic heterocycles. The zero-order valence-electron chi connectivity index (χ0n) is 23.7. The van der Waals surface area contributed by atoms with E-state index < -0.39 is 0 Å². The van der Waals surface area contributed by atoms with E-state index in [2.05, 4.69) is 13.8 Å². The van der Waals surface area contributed by atoms with Crippen LogP contribution in [0.2, 0.25) is 0 Å². The summed E-state index contributed by atoms with van der Waals surface area (Å²) in [6, 6.07) is 0. The lowest BCUT2D eigenvalue weighted by Crippen LogP contribution is -2.06. The predicted molar refractivity (Wildman–Crippen MR) is 149 cm³/mol. The van der Waals surface area contributed by atoms with Gasteiger partial charge in [-0.05, 0) is 25.7 Å². The van der Waals surface area contributed by atoms with Crippen molar-refractivity contribution >= 4 is 11.9 Å². The number of ether oxygens (including phenoxy) is 2. The van der Waals surface area contributed by atoms with E-state index in [-0.39, 0.29) is 11.9 Å². The van der Waals surface area contributed by atoms with Crippen molar-refractivity contribution in [3.8, 4) is 0 Å². The van der Waals surface area contributed by atoms with Gasteiger partial charge in [-0.1, -0.05) is 136 Å². The van der Waals surface area contributed by atoms with Gasteiger partial charge in [0.2, 0.25) is 0 Å². The van der Waals surface area contributed by atoms with Crippen molar-refractivity contribution in [2.45, 2.75) is 174 Å². The molecule has 0 spiro atoms. The smallest absolute Gasteiger partial charge is 0.305 e. The Morgan fingerprint density at radius 2 is 0.629 bits per heavy atom. The molecule has 0 saturated heterocycles. The topological polar surface area (TPSA) is 52.6 Å². The summed E-state index contributed by atoms with van der Waals surface area (Å²) in [7, 11) is 0. The van der Waals surface area contributed by atoms with Gasteiger partial charge < -0.3 is 9.47 Å². The summed E-state index contributed by atoms with van der Waals surface area (Å²) in [5, 5.41) is 0. The fourth-order valence-electron chi connectivity index (χ4n) is 4.41. The molecule has 0 aromatic rings. The van der Waals surface area contributed by atoms with Gasteiger partial charge in [-0.25, -0.2) is 0 Å². The average Bonchev–Trinajstić information content (AvgIpc) is 2.85. The second-order valence-electron chi connectivity index (χ2n) is 10.4. The van der Waals surface area contributed by atoms with Gasteiger partial charge in [0, 0.05) is 12.8 Å². The summed E-state index contributed by atoms with van der Waals surface area (Å²) in [5.74, 6) is -0.0849. The highest BCUT2D eigenvalue weighted by atomic mass is 16.5. The number of carbonyl (C=O) groups is 2. The zero-order valence-corrected chi connectivity index (χ0v) is 23.7. The van der Waals surface area contributed by atoms with Crippen LogP contribution in [-0.2, 0) is 19.1 Å². The zero-order chi connectivity index (χ0) is 25.7. The molecule has 0 heterocycles. The number of carbonyl (C=O) groups excluding carboxylic acids is 2. The summed E-state index contributed by atoms with van der Waals surface area (Å²) in [6.07, 6.45) is 29.2. The van der Waals surface area contributed by atoms with Gasteiger partial charge in [0.1, 0.15) is 0 Å². The van der Waals surface area contributed by atoms with Gasteiger partial charge in [0.15, 0.2) is 0 Å². The summed E-state index contributed by atoms with van der Waals surface area (Å²) in [5.41, 5.74) is 0. The minimum absolute atomic E-state index is 0.0365. The second-order valence-corrected chi connectivity index (χ2v) is 10.4. The third kappa shape index (κ3) is 29.1. The van der Waals surface area contributed by atoms with Gasteiger partial charge in [-0.2, -0.15) is 0 Å². The van der Waals surface area contributed by atoms with Crippen LogP contribution in [-0.4, -0.2) is 25.2 Å². The molecule has 208 valence electrons. The van der Waals surface area contributed by atoms with E-state index in [0.29, 0.717) is 26.1 Å². The van der Waals surface area contributed by atoms with Crippen LogP contribution >= 0.6 is 0 Å².